The molecule has 0 amide bonds. The van der Waals surface area contributed by atoms with Gasteiger partial charge in [-0.15, -0.1) is 11.3 Å². The number of fused-ring (bicyclic) bond motifs is 3. The average Bonchev–Trinajstić information content (AvgIpc) is 3.44. The molecule has 6 rings (SSSR count). The van der Waals surface area contributed by atoms with Gasteiger partial charge < -0.3 is 0 Å². The summed E-state index contributed by atoms with van der Waals surface area (Å²) in [4.78, 5) is 1.45. The van der Waals surface area contributed by atoms with Gasteiger partial charge in [-0.3, -0.25) is 0 Å². The normalized spacial score (nSPS) is 16.0. The van der Waals surface area contributed by atoms with Crippen LogP contribution in [0.4, 0.5) is 0 Å². The Labute approximate surface area is 201 Å². The first-order valence-corrected chi connectivity index (χ1v) is 15.7. The number of benzene rings is 4. The first-order valence-electron chi connectivity index (χ1n) is 11.8. The highest BCUT2D eigenvalue weighted by Gasteiger charge is 2.42. The molecule has 0 nitrogen and oxygen atoms in total. The summed E-state index contributed by atoms with van der Waals surface area (Å²) in [6.45, 7) is 7.56. The van der Waals surface area contributed by atoms with Crippen molar-refractivity contribution < 1.29 is 0 Å². The molecule has 0 radical (unpaired) electrons. The molecule has 0 saturated heterocycles. The topological polar surface area (TPSA) is 0 Å². The Morgan fingerprint density at radius 1 is 0.758 bits per heavy atom. The second kappa shape index (κ2) is 7.83. The summed E-state index contributed by atoms with van der Waals surface area (Å²) in [5.41, 5.74) is 6.64. The third-order valence-electron chi connectivity index (χ3n) is 7.60. The predicted molar refractivity (Wildman–Crippen MR) is 148 cm³/mol. The van der Waals surface area contributed by atoms with Gasteiger partial charge in [-0.05, 0) is 68.7 Å². The Morgan fingerprint density at radius 3 is 2.27 bits per heavy atom. The summed E-state index contributed by atoms with van der Waals surface area (Å²) in [6, 6.07) is 34.1. The van der Waals surface area contributed by atoms with Crippen LogP contribution < -0.4 is 5.19 Å². The molecule has 1 atom stereocenters. The van der Waals surface area contributed by atoms with Crippen LogP contribution >= 0.6 is 11.3 Å². The summed E-state index contributed by atoms with van der Waals surface area (Å²) in [5, 5.41) is 9.22. The molecule has 0 saturated carbocycles. The van der Waals surface area contributed by atoms with Gasteiger partial charge in [0, 0.05) is 16.8 Å². The number of rotatable bonds is 4. The van der Waals surface area contributed by atoms with Crippen LogP contribution in [0.25, 0.3) is 27.1 Å². The highest BCUT2D eigenvalue weighted by atomic mass is 32.1. The fourth-order valence-electron chi connectivity index (χ4n) is 6.08. The number of hydrogen-bond acceptors (Lipinski definition) is 1. The van der Waals surface area contributed by atoms with Crippen molar-refractivity contribution in [2.24, 2.45) is 0 Å². The van der Waals surface area contributed by atoms with Gasteiger partial charge in [0.1, 0.15) is 0 Å². The Balaban J connectivity index is 1.54. The van der Waals surface area contributed by atoms with Gasteiger partial charge in [0.15, 0.2) is 0 Å². The molecular formula is C31H28SSi. The summed E-state index contributed by atoms with van der Waals surface area (Å²) >= 11 is 1.87. The molecule has 4 aromatic carbocycles. The highest BCUT2D eigenvalue weighted by Crippen LogP contribution is 2.48. The second-order valence-electron chi connectivity index (χ2n) is 9.89. The Hall–Kier alpha value is -2.94. The van der Waals surface area contributed by atoms with Gasteiger partial charge in [0.25, 0.3) is 0 Å². The smallest absolute Gasteiger partial charge is 0.0931 e. The van der Waals surface area contributed by atoms with Crippen molar-refractivity contribution in [3.8, 4) is 0 Å². The first kappa shape index (κ1) is 20.6. The molecule has 0 N–H and O–H groups in total. The zero-order valence-corrected chi connectivity index (χ0v) is 21.2. The zero-order valence-electron chi connectivity index (χ0n) is 19.4. The maximum Gasteiger partial charge on any atom is 0.0931 e. The minimum absolute atomic E-state index is 0.501. The van der Waals surface area contributed by atoms with Crippen molar-refractivity contribution in [2.45, 2.75) is 32.0 Å². The molecule has 162 valence electrons. The average molecular weight is 461 g/mol. The zero-order chi connectivity index (χ0) is 22.6. The van der Waals surface area contributed by atoms with E-state index in [1.807, 2.05) is 11.3 Å². The van der Waals surface area contributed by atoms with E-state index in [1.165, 1.54) is 37.5 Å². The van der Waals surface area contributed by atoms with Crippen molar-refractivity contribution in [3.63, 3.8) is 0 Å². The van der Waals surface area contributed by atoms with Crippen molar-refractivity contribution in [3.05, 3.63) is 118 Å². The number of hydrogen-bond donors (Lipinski definition) is 0. The minimum Gasteiger partial charge on any atom is -0.149 e. The molecular weight excluding hydrogens is 432 g/mol. The van der Waals surface area contributed by atoms with E-state index in [1.54, 1.807) is 16.3 Å². The van der Waals surface area contributed by atoms with Crippen LogP contribution in [0.5, 0.6) is 0 Å². The van der Waals surface area contributed by atoms with Crippen molar-refractivity contribution >= 4 is 51.7 Å². The fraction of sp³-hybridized carbons (Fsp3) is 0.161. The molecule has 1 aliphatic rings. The third-order valence-corrected chi connectivity index (χ3v) is 12.5. The van der Waals surface area contributed by atoms with Crippen LogP contribution in [0, 0.1) is 0 Å². The summed E-state index contributed by atoms with van der Waals surface area (Å²) in [5.74, 6) is 0. The molecule has 0 bridgehead atoms. The lowest BCUT2D eigenvalue weighted by molar-refractivity contribution is 1.08. The number of thiophene rings is 1. The SMILES string of the molecule is CC1=C(Cc2cccs2)c2ccccc2C1[Si](C)(C)c1cccc2cc3ccccc3cc12. The third kappa shape index (κ3) is 3.32. The van der Waals surface area contributed by atoms with E-state index >= 15 is 0 Å². The summed E-state index contributed by atoms with van der Waals surface area (Å²) < 4.78 is 0. The van der Waals surface area contributed by atoms with E-state index < -0.39 is 8.07 Å². The van der Waals surface area contributed by atoms with E-state index in [2.05, 4.69) is 116 Å². The molecule has 1 aliphatic carbocycles. The highest BCUT2D eigenvalue weighted by molar-refractivity contribution is 7.10. The molecule has 0 spiro atoms. The van der Waals surface area contributed by atoms with Gasteiger partial charge in [0.2, 0.25) is 0 Å². The van der Waals surface area contributed by atoms with Gasteiger partial charge >= 0.3 is 0 Å². The van der Waals surface area contributed by atoms with Crippen LogP contribution in [-0.2, 0) is 6.42 Å². The summed E-state index contributed by atoms with van der Waals surface area (Å²) in [6.07, 6.45) is 1.04. The van der Waals surface area contributed by atoms with Gasteiger partial charge in [-0.1, -0.05) is 96.7 Å². The molecule has 1 heterocycles. The maximum atomic E-state index is 2.58. The van der Waals surface area contributed by atoms with Crippen LogP contribution in [0.3, 0.4) is 0 Å². The van der Waals surface area contributed by atoms with Crippen molar-refractivity contribution in [1.82, 2.24) is 0 Å². The summed E-state index contributed by atoms with van der Waals surface area (Å²) in [7, 11) is -1.91. The van der Waals surface area contributed by atoms with E-state index in [9.17, 15) is 0 Å². The Morgan fingerprint density at radius 2 is 1.48 bits per heavy atom. The van der Waals surface area contributed by atoms with E-state index in [4.69, 9.17) is 0 Å². The van der Waals surface area contributed by atoms with Crippen LogP contribution in [-0.4, -0.2) is 8.07 Å². The molecule has 1 aromatic heterocycles. The lowest BCUT2D eigenvalue weighted by Crippen LogP contribution is -2.48. The van der Waals surface area contributed by atoms with Crippen molar-refractivity contribution in [1.29, 1.82) is 0 Å². The fourth-order valence-corrected chi connectivity index (χ4v) is 10.8. The maximum absolute atomic E-state index is 2.58. The van der Waals surface area contributed by atoms with Gasteiger partial charge in [-0.2, -0.15) is 0 Å². The van der Waals surface area contributed by atoms with Crippen LogP contribution in [0.2, 0.25) is 13.1 Å². The lowest BCUT2D eigenvalue weighted by Gasteiger charge is -2.33. The standard InChI is InChI=1S/C31H28SSi/c1-21-28(20-25-13-9-17-32-25)26-14-6-7-15-27(26)31(21)33(2,3)30-16-8-12-24-18-22-10-4-5-11-23(22)19-29(24)30/h4-19,31H,20H2,1-3H3. The largest absolute Gasteiger partial charge is 0.149 e. The molecule has 0 aliphatic heterocycles. The molecule has 1 unspecified atom stereocenters. The van der Waals surface area contributed by atoms with Gasteiger partial charge in [0.05, 0.1) is 8.07 Å². The number of allylic oxidation sites excluding steroid dienone is 2. The molecule has 0 fully saturated rings. The Kier molecular flexibility index (Phi) is 4.90. The first-order chi connectivity index (χ1) is 16.0. The molecule has 2 heteroatoms. The lowest BCUT2D eigenvalue weighted by atomic mass is 10.0. The second-order valence-corrected chi connectivity index (χ2v) is 15.5. The van der Waals surface area contributed by atoms with E-state index in [0.717, 1.165) is 6.42 Å². The van der Waals surface area contributed by atoms with Crippen molar-refractivity contribution in [2.75, 3.05) is 0 Å². The predicted octanol–water partition coefficient (Wildman–Crippen LogP) is 8.32. The Bertz CT molecular complexity index is 1520. The monoisotopic (exact) mass is 460 g/mol. The van der Waals surface area contributed by atoms with E-state index in [0.29, 0.717) is 5.54 Å². The van der Waals surface area contributed by atoms with E-state index in [-0.39, 0.29) is 0 Å². The van der Waals surface area contributed by atoms with Gasteiger partial charge in [-0.25, -0.2) is 0 Å². The molecule has 33 heavy (non-hydrogen) atoms. The minimum atomic E-state index is -1.91. The quantitative estimate of drug-likeness (QED) is 0.187. The van der Waals surface area contributed by atoms with Crippen LogP contribution in [0.1, 0.15) is 28.5 Å². The van der Waals surface area contributed by atoms with Crippen LogP contribution in [0.15, 0.2) is 102 Å². The molecule has 5 aromatic rings.